The number of hydrogen-bond acceptors (Lipinski definition) is 7. The van der Waals surface area contributed by atoms with Crippen LogP contribution in [0.25, 0.3) is 0 Å². The van der Waals surface area contributed by atoms with Crippen molar-refractivity contribution in [3.8, 4) is 0 Å². The average Bonchev–Trinajstić information content (AvgIpc) is 3.00. The Morgan fingerprint density at radius 2 is 1.02 bits per heavy atom. The molecule has 0 aliphatic carbocycles. The Labute approximate surface area is 281 Å². The fourth-order valence-corrected chi connectivity index (χ4v) is 6.41. The Morgan fingerprint density at radius 3 is 1.52 bits per heavy atom. The zero-order chi connectivity index (χ0) is 33.7. The molecular weight excluding hydrogens is 580 g/mol. The van der Waals surface area contributed by atoms with Crippen molar-refractivity contribution in [2.75, 3.05) is 0 Å². The Hall–Kier alpha value is -1.25. The highest BCUT2D eigenvalue weighted by molar-refractivity contribution is 5.83. The Bertz CT molecular complexity index is 755. The van der Waals surface area contributed by atoms with Gasteiger partial charge in [-0.05, 0) is 57.4 Å². The summed E-state index contributed by atoms with van der Waals surface area (Å²) in [5.41, 5.74) is 0. The summed E-state index contributed by atoms with van der Waals surface area (Å²) in [6.07, 6.45) is 31.8. The van der Waals surface area contributed by atoms with Gasteiger partial charge in [-0.15, -0.1) is 0 Å². The van der Waals surface area contributed by atoms with E-state index in [1.54, 1.807) is 0 Å². The van der Waals surface area contributed by atoms with E-state index in [1.807, 2.05) is 0 Å². The maximum absolute atomic E-state index is 11.3. The topological polar surface area (TPSA) is 127 Å². The van der Waals surface area contributed by atoms with Gasteiger partial charge in [0.2, 0.25) is 0 Å². The molecule has 1 aliphatic heterocycles. The monoisotopic (exact) mass is 653 g/mol. The molecule has 0 saturated carbocycles. The van der Waals surface area contributed by atoms with Crippen LogP contribution in [0.15, 0.2) is 24.3 Å². The Morgan fingerprint density at radius 1 is 0.609 bits per heavy atom. The second-order valence-corrected chi connectivity index (χ2v) is 13.9. The molecule has 0 spiro atoms. The largest absolute Gasteiger partial charge is 0.456 e. The first kappa shape index (κ1) is 42.8. The quantitative estimate of drug-likeness (QED) is 0.0281. The van der Waals surface area contributed by atoms with Crippen LogP contribution in [0.5, 0.6) is 0 Å². The van der Waals surface area contributed by atoms with E-state index in [9.17, 15) is 30.3 Å². The van der Waals surface area contributed by atoms with Crippen molar-refractivity contribution in [2.24, 2.45) is 0 Å². The number of aliphatic hydroxyl groups is 5. The van der Waals surface area contributed by atoms with Gasteiger partial charge >= 0.3 is 5.97 Å². The number of aliphatic hydroxyl groups excluding tert-OH is 5. The fourth-order valence-electron chi connectivity index (χ4n) is 6.41. The highest BCUT2D eigenvalue weighted by atomic mass is 16.6. The molecule has 0 fully saturated rings. The fraction of sp³-hybridized carbons (Fsp3) is 0.872. The van der Waals surface area contributed by atoms with Gasteiger partial charge in [0, 0.05) is 12.5 Å². The van der Waals surface area contributed by atoms with Crippen LogP contribution in [0.4, 0.5) is 0 Å². The summed E-state index contributed by atoms with van der Waals surface area (Å²) in [5, 5.41) is 50.8. The molecule has 0 saturated heterocycles. The van der Waals surface area contributed by atoms with E-state index in [-0.39, 0.29) is 25.7 Å². The normalized spacial score (nSPS) is 19.4. The van der Waals surface area contributed by atoms with Gasteiger partial charge in [0.15, 0.2) is 0 Å². The van der Waals surface area contributed by atoms with Gasteiger partial charge in [0.25, 0.3) is 0 Å². The number of carbonyl (C=O) groups excluding carboxylic acids is 1. The van der Waals surface area contributed by atoms with Crippen LogP contribution in [0.2, 0.25) is 0 Å². The molecule has 5 N–H and O–H groups in total. The van der Waals surface area contributed by atoms with Gasteiger partial charge in [0.1, 0.15) is 12.2 Å². The van der Waals surface area contributed by atoms with Gasteiger partial charge in [-0.1, -0.05) is 135 Å². The van der Waals surface area contributed by atoms with E-state index >= 15 is 0 Å². The van der Waals surface area contributed by atoms with Crippen LogP contribution in [0, 0.1) is 0 Å². The van der Waals surface area contributed by atoms with Crippen molar-refractivity contribution in [3.05, 3.63) is 24.3 Å². The van der Waals surface area contributed by atoms with Crippen molar-refractivity contribution in [1.29, 1.82) is 0 Å². The summed E-state index contributed by atoms with van der Waals surface area (Å²) in [6, 6.07) is 0. The molecule has 270 valence electrons. The number of cyclic esters (lactones) is 1. The number of ether oxygens (including phenoxy) is 1. The molecule has 0 radical (unpaired) electrons. The summed E-state index contributed by atoms with van der Waals surface area (Å²) in [6.45, 7) is 2.28. The minimum atomic E-state index is -0.985. The van der Waals surface area contributed by atoms with Crippen molar-refractivity contribution < 1.29 is 35.1 Å². The molecule has 0 aromatic heterocycles. The molecule has 0 aromatic rings. The molecule has 46 heavy (non-hydrogen) atoms. The third kappa shape index (κ3) is 25.8. The van der Waals surface area contributed by atoms with E-state index in [1.165, 1.54) is 134 Å². The lowest BCUT2D eigenvalue weighted by Crippen LogP contribution is -2.37. The highest BCUT2D eigenvalue weighted by Crippen LogP contribution is 2.20. The molecule has 1 rings (SSSR count). The van der Waals surface area contributed by atoms with Gasteiger partial charge in [0.05, 0.1) is 24.4 Å². The number of hydrogen-bond donors (Lipinski definition) is 5. The minimum absolute atomic E-state index is 0.00437. The van der Waals surface area contributed by atoms with Crippen molar-refractivity contribution in [1.82, 2.24) is 0 Å². The molecular formula is C39H72O7. The zero-order valence-electron chi connectivity index (χ0n) is 29.4. The third-order valence-corrected chi connectivity index (χ3v) is 9.26. The molecule has 6 atom stereocenters. The maximum atomic E-state index is 11.3. The lowest BCUT2D eigenvalue weighted by molar-refractivity contribution is -0.151. The summed E-state index contributed by atoms with van der Waals surface area (Å²) >= 11 is 0. The number of allylic oxidation sites excluding steroid dienone is 2. The lowest BCUT2D eigenvalue weighted by atomic mass is 9.96. The second kappa shape index (κ2) is 29.9. The number of esters is 1. The average molecular weight is 653 g/mol. The van der Waals surface area contributed by atoms with Crippen LogP contribution >= 0.6 is 0 Å². The standard InChI is InChI=1S/C39H72O7/c1-2-3-4-5-6-7-8-9-10-11-12-13-14-15-16-17-18-19-20-21-22-23-24-25-26-33(40)29-34(41)30-35(42)31-36(43)32-38-37(44)27-28-39(45)46-38/h13-14,27-28,33-38,40-44H,2-12,15-26,29-32H2,1H3/t33-,34+,35+,36+,37+,38+/m1/s1. The van der Waals surface area contributed by atoms with E-state index in [0.29, 0.717) is 6.42 Å². The third-order valence-electron chi connectivity index (χ3n) is 9.26. The molecule has 0 aromatic carbocycles. The van der Waals surface area contributed by atoms with Crippen molar-refractivity contribution >= 4 is 5.97 Å². The Balaban J connectivity index is 1.85. The van der Waals surface area contributed by atoms with Gasteiger partial charge < -0.3 is 30.3 Å². The number of unbranched alkanes of at least 4 members (excludes halogenated alkanes) is 20. The molecule has 7 heteroatoms. The number of rotatable bonds is 32. The van der Waals surface area contributed by atoms with Gasteiger partial charge in [-0.3, -0.25) is 0 Å². The second-order valence-electron chi connectivity index (χ2n) is 13.9. The minimum Gasteiger partial charge on any atom is -0.456 e. The van der Waals surface area contributed by atoms with Crippen molar-refractivity contribution in [2.45, 2.75) is 217 Å². The molecule has 0 unspecified atom stereocenters. The first-order valence-electron chi connectivity index (χ1n) is 19.3. The van der Waals surface area contributed by atoms with Gasteiger partial charge in [-0.25, -0.2) is 4.79 Å². The highest BCUT2D eigenvalue weighted by Gasteiger charge is 2.28. The first-order valence-corrected chi connectivity index (χ1v) is 19.3. The molecule has 0 bridgehead atoms. The van der Waals surface area contributed by atoms with Crippen molar-refractivity contribution in [3.63, 3.8) is 0 Å². The molecule has 1 aliphatic rings. The molecule has 1 heterocycles. The molecule has 7 nitrogen and oxygen atoms in total. The van der Waals surface area contributed by atoms with E-state index < -0.39 is 42.6 Å². The maximum Gasteiger partial charge on any atom is 0.330 e. The summed E-state index contributed by atoms with van der Waals surface area (Å²) < 4.78 is 5.01. The first-order chi connectivity index (χ1) is 22.3. The van der Waals surface area contributed by atoms with Crippen LogP contribution in [-0.2, 0) is 9.53 Å². The lowest BCUT2D eigenvalue weighted by Gasteiger charge is -2.27. The predicted octanol–water partition coefficient (Wildman–Crippen LogP) is 8.38. The van der Waals surface area contributed by atoms with Crippen LogP contribution < -0.4 is 0 Å². The predicted molar refractivity (Wildman–Crippen MR) is 189 cm³/mol. The number of carbonyl (C=O) groups is 1. The summed E-state index contributed by atoms with van der Waals surface area (Å²) in [5.74, 6) is -0.568. The molecule has 0 amide bonds. The summed E-state index contributed by atoms with van der Waals surface area (Å²) in [7, 11) is 0. The van der Waals surface area contributed by atoms with Crippen LogP contribution in [-0.4, -0.2) is 68.1 Å². The van der Waals surface area contributed by atoms with E-state index in [0.717, 1.165) is 18.9 Å². The van der Waals surface area contributed by atoms with E-state index in [2.05, 4.69) is 19.1 Å². The summed E-state index contributed by atoms with van der Waals surface area (Å²) in [4.78, 5) is 11.3. The smallest absolute Gasteiger partial charge is 0.330 e. The van der Waals surface area contributed by atoms with E-state index in [4.69, 9.17) is 4.74 Å². The zero-order valence-corrected chi connectivity index (χ0v) is 29.4. The van der Waals surface area contributed by atoms with Gasteiger partial charge in [-0.2, -0.15) is 0 Å². The SMILES string of the molecule is CCCCCCCCCCCCC=CCCCCCCCCCCCC[C@@H](O)C[C@H](O)C[C@H](O)C[C@H](O)C[C@@H]1OC(=O)C=C[C@@H]1O. The van der Waals surface area contributed by atoms with Crippen LogP contribution in [0.3, 0.4) is 0 Å². The van der Waals surface area contributed by atoms with Crippen LogP contribution in [0.1, 0.15) is 180 Å². The Kier molecular flexibility index (Phi) is 27.8.